The molecule has 1 aliphatic carbocycles. The number of aliphatic hydroxyl groups excluding tert-OH is 1. The summed E-state index contributed by atoms with van der Waals surface area (Å²) in [4.78, 5) is 0. The molecule has 0 aromatic rings. The highest BCUT2D eigenvalue weighted by Gasteiger charge is 2.37. The normalized spacial score (nSPS) is 45.6. The Morgan fingerprint density at radius 2 is 2.00 bits per heavy atom. The smallest absolute Gasteiger partial charge is 0.220 e. The summed E-state index contributed by atoms with van der Waals surface area (Å²) in [7, 11) is 1.97. The topological polar surface area (TPSA) is 32.7 Å². The van der Waals surface area contributed by atoms with Crippen LogP contribution in [-0.4, -0.2) is 33.7 Å². The molecule has 1 saturated carbocycles. The molecule has 1 aliphatic heterocycles. The van der Waals surface area contributed by atoms with Gasteiger partial charge in [0.1, 0.15) is 6.23 Å². The van der Waals surface area contributed by atoms with Crippen LogP contribution in [0.4, 0.5) is 0 Å². The van der Waals surface area contributed by atoms with Crippen LogP contribution in [0.25, 0.3) is 0 Å². The van der Waals surface area contributed by atoms with Gasteiger partial charge in [0.15, 0.2) is 0 Å². The van der Waals surface area contributed by atoms with Crippen molar-refractivity contribution in [1.29, 1.82) is 0 Å². The van der Waals surface area contributed by atoms with Gasteiger partial charge in [-0.15, -0.1) is 11.6 Å². The minimum atomic E-state index is -0.682. The van der Waals surface area contributed by atoms with E-state index in [1.807, 2.05) is 11.4 Å². The van der Waals surface area contributed by atoms with Crippen molar-refractivity contribution in [2.24, 2.45) is 5.92 Å². The van der Waals surface area contributed by atoms with E-state index in [1.54, 1.807) is 0 Å². The third kappa shape index (κ3) is 2.36. The number of halogens is 1. The highest BCUT2D eigenvalue weighted by Crippen LogP contribution is 2.38. The summed E-state index contributed by atoms with van der Waals surface area (Å²) in [5.74, 6) is 0.527. The van der Waals surface area contributed by atoms with Crippen LogP contribution in [0.1, 0.15) is 25.7 Å². The fraction of sp³-hybridized carbons (Fsp3) is 1.00. The first-order valence-corrected chi connectivity index (χ1v) is 6.31. The van der Waals surface area contributed by atoms with Crippen molar-refractivity contribution in [2.75, 3.05) is 7.05 Å². The van der Waals surface area contributed by atoms with Crippen LogP contribution in [0, 0.1) is 5.92 Å². The Morgan fingerprint density at radius 3 is 2.50 bits per heavy atom. The summed E-state index contributed by atoms with van der Waals surface area (Å²) in [6.07, 6.45) is 4.42. The lowest BCUT2D eigenvalue weighted by atomic mass is 9.87. The number of rotatable bonds is 1. The molecule has 5 heteroatoms. The first-order valence-electron chi connectivity index (χ1n) is 5.04. The number of hydrogen-bond acceptors (Lipinski definition) is 4. The van der Waals surface area contributed by atoms with E-state index in [0.717, 1.165) is 25.7 Å². The molecule has 3 nitrogen and oxygen atoms in total. The summed E-state index contributed by atoms with van der Waals surface area (Å²) in [5.41, 5.74) is -0.682. The van der Waals surface area contributed by atoms with Gasteiger partial charge < -0.3 is 9.84 Å². The van der Waals surface area contributed by atoms with Gasteiger partial charge in [-0.2, -0.15) is 0 Å². The van der Waals surface area contributed by atoms with E-state index in [2.05, 4.69) is 0 Å². The molecule has 0 spiro atoms. The summed E-state index contributed by atoms with van der Waals surface area (Å²) in [6, 6.07) is 0. The molecular formula is C9H16ClNO2S. The predicted octanol–water partition coefficient (Wildman–Crippen LogP) is 2.00. The third-order valence-electron chi connectivity index (χ3n) is 2.98. The summed E-state index contributed by atoms with van der Waals surface area (Å²) >= 11 is 7.40. The maximum Gasteiger partial charge on any atom is 0.220 e. The van der Waals surface area contributed by atoms with Crippen molar-refractivity contribution in [3.8, 4) is 0 Å². The molecule has 2 atom stereocenters. The van der Waals surface area contributed by atoms with Crippen LogP contribution in [0.5, 0.6) is 0 Å². The third-order valence-corrected chi connectivity index (χ3v) is 4.24. The van der Waals surface area contributed by atoms with E-state index >= 15 is 0 Å². The lowest BCUT2D eigenvalue weighted by Gasteiger charge is -2.31. The second-order valence-corrected chi connectivity index (χ2v) is 5.80. The summed E-state index contributed by atoms with van der Waals surface area (Å²) in [6.45, 7) is 0. The molecule has 0 bridgehead atoms. The van der Waals surface area contributed by atoms with Gasteiger partial charge in [0, 0.05) is 12.4 Å². The quantitative estimate of drug-likeness (QED) is 0.559. The first-order chi connectivity index (χ1) is 6.66. The van der Waals surface area contributed by atoms with Gasteiger partial charge in [0.2, 0.25) is 5.62 Å². The summed E-state index contributed by atoms with van der Waals surface area (Å²) in [5, 5.41) is 9.67. The molecular weight excluding hydrogens is 222 g/mol. The molecule has 0 radical (unpaired) electrons. The Kier molecular flexibility index (Phi) is 3.60. The maximum absolute atomic E-state index is 9.33. The van der Waals surface area contributed by atoms with Gasteiger partial charge in [-0.25, -0.2) is 4.31 Å². The number of ether oxygens (including phenoxy) is 1. The van der Waals surface area contributed by atoms with Crippen LogP contribution in [-0.2, 0) is 4.74 Å². The molecule has 82 valence electrons. The van der Waals surface area contributed by atoms with Crippen molar-refractivity contribution in [3.05, 3.63) is 0 Å². The van der Waals surface area contributed by atoms with Gasteiger partial charge in [-0.3, -0.25) is 0 Å². The van der Waals surface area contributed by atoms with Gasteiger partial charge >= 0.3 is 0 Å². The van der Waals surface area contributed by atoms with Gasteiger partial charge in [0.05, 0.1) is 0 Å². The molecule has 0 amide bonds. The Hall–Kier alpha value is 0.520. The van der Waals surface area contributed by atoms with Crippen molar-refractivity contribution in [2.45, 2.75) is 42.9 Å². The molecule has 0 aromatic carbocycles. The number of aliphatic hydroxyl groups is 1. The van der Waals surface area contributed by atoms with E-state index < -0.39 is 5.62 Å². The highest BCUT2D eigenvalue weighted by molar-refractivity contribution is 7.97. The fourth-order valence-corrected chi connectivity index (χ4v) is 3.25. The Labute approximate surface area is 93.9 Å². The second kappa shape index (κ2) is 4.58. The molecule has 1 heterocycles. The predicted molar refractivity (Wildman–Crippen MR) is 57.8 cm³/mol. The Morgan fingerprint density at radius 1 is 1.36 bits per heavy atom. The van der Waals surface area contributed by atoms with Crippen molar-refractivity contribution in [1.82, 2.24) is 4.31 Å². The second-order valence-electron chi connectivity index (χ2n) is 4.00. The zero-order valence-corrected chi connectivity index (χ0v) is 9.80. The SMILES string of the molecule is CN1SC(O)OC1C1CCC(Cl)CC1. The zero-order chi connectivity index (χ0) is 10.1. The van der Waals surface area contributed by atoms with E-state index in [4.69, 9.17) is 16.3 Å². The van der Waals surface area contributed by atoms with Crippen LogP contribution in [0.3, 0.4) is 0 Å². The van der Waals surface area contributed by atoms with Crippen molar-refractivity contribution < 1.29 is 9.84 Å². The molecule has 1 N–H and O–H groups in total. The first kappa shape index (κ1) is 11.0. The largest absolute Gasteiger partial charge is 0.359 e. The standard InChI is InChI=1S/C9H16ClNO2S/c1-11-8(13-9(12)14-11)6-2-4-7(10)5-3-6/h6-9,12H,2-5H2,1H3. The van der Waals surface area contributed by atoms with Crippen LogP contribution < -0.4 is 0 Å². The van der Waals surface area contributed by atoms with E-state index in [-0.39, 0.29) is 6.23 Å². The molecule has 2 unspecified atom stereocenters. The number of alkyl halides is 1. The monoisotopic (exact) mass is 237 g/mol. The maximum atomic E-state index is 9.33. The van der Waals surface area contributed by atoms with Gasteiger partial charge in [-0.1, -0.05) is 0 Å². The van der Waals surface area contributed by atoms with Crippen molar-refractivity contribution in [3.63, 3.8) is 0 Å². The lowest BCUT2D eigenvalue weighted by molar-refractivity contribution is -0.111. The summed E-state index contributed by atoms with van der Waals surface area (Å²) < 4.78 is 7.47. The van der Waals surface area contributed by atoms with Crippen LogP contribution >= 0.6 is 23.5 Å². The molecule has 2 fully saturated rings. The minimum Gasteiger partial charge on any atom is -0.359 e. The average Bonchev–Trinajstić information content (AvgIpc) is 2.47. The van der Waals surface area contributed by atoms with Gasteiger partial charge in [-0.05, 0) is 43.5 Å². The van der Waals surface area contributed by atoms with E-state index in [1.165, 1.54) is 11.9 Å². The van der Waals surface area contributed by atoms with Crippen molar-refractivity contribution >= 4 is 23.5 Å². The number of hydrogen-bond donors (Lipinski definition) is 1. The fourth-order valence-electron chi connectivity index (χ4n) is 2.20. The molecule has 2 rings (SSSR count). The highest BCUT2D eigenvalue weighted by atomic mass is 35.5. The molecule has 0 aromatic heterocycles. The Balaban J connectivity index is 1.89. The van der Waals surface area contributed by atoms with E-state index in [0.29, 0.717) is 11.3 Å². The minimum absolute atomic E-state index is 0.0687. The Bertz CT molecular complexity index is 199. The van der Waals surface area contributed by atoms with Crippen LogP contribution in [0.2, 0.25) is 0 Å². The molecule has 14 heavy (non-hydrogen) atoms. The average molecular weight is 238 g/mol. The van der Waals surface area contributed by atoms with E-state index in [9.17, 15) is 5.11 Å². The van der Waals surface area contributed by atoms with Gasteiger partial charge in [0.25, 0.3) is 0 Å². The number of nitrogens with zero attached hydrogens (tertiary/aromatic N) is 1. The van der Waals surface area contributed by atoms with Crippen LogP contribution in [0.15, 0.2) is 0 Å². The molecule has 2 aliphatic rings. The molecule has 1 saturated heterocycles. The lowest BCUT2D eigenvalue weighted by Crippen LogP contribution is -2.34. The zero-order valence-electron chi connectivity index (χ0n) is 8.23.